The van der Waals surface area contributed by atoms with Gasteiger partial charge in [0.15, 0.2) is 11.5 Å². The summed E-state index contributed by atoms with van der Waals surface area (Å²) in [5.74, 6) is 0.725. The van der Waals surface area contributed by atoms with Crippen molar-refractivity contribution in [3.63, 3.8) is 0 Å². The third kappa shape index (κ3) is 5.72. The molecule has 0 saturated heterocycles. The summed E-state index contributed by atoms with van der Waals surface area (Å²) in [5.41, 5.74) is 1.74. The topological polar surface area (TPSA) is 76.7 Å². The second-order valence-electron chi connectivity index (χ2n) is 5.77. The number of carbonyl (C=O) groups is 2. The molecule has 144 valence electrons. The molecule has 2 amide bonds. The summed E-state index contributed by atoms with van der Waals surface area (Å²) in [7, 11) is 1.53. The second kappa shape index (κ2) is 9.97. The lowest BCUT2D eigenvalue weighted by Crippen LogP contribution is -2.13. The van der Waals surface area contributed by atoms with Gasteiger partial charge in [0.2, 0.25) is 5.91 Å². The molecule has 0 spiro atoms. The Hall–Kier alpha value is -2.54. The van der Waals surface area contributed by atoms with Crippen LogP contribution in [0, 0.1) is 0 Å². The van der Waals surface area contributed by atoms with Crippen LogP contribution in [0.5, 0.6) is 11.5 Å². The van der Waals surface area contributed by atoms with Crippen molar-refractivity contribution in [2.45, 2.75) is 26.7 Å². The molecule has 7 heteroatoms. The van der Waals surface area contributed by atoms with Gasteiger partial charge in [0.1, 0.15) is 0 Å². The minimum atomic E-state index is -0.276. The highest BCUT2D eigenvalue weighted by molar-refractivity contribution is 9.10. The predicted molar refractivity (Wildman–Crippen MR) is 110 cm³/mol. The van der Waals surface area contributed by atoms with E-state index in [0.29, 0.717) is 45.9 Å². The molecule has 2 rings (SSSR count). The number of hydrogen-bond acceptors (Lipinski definition) is 4. The van der Waals surface area contributed by atoms with Crippen LogP contribution >= 0.6 is 15.9 Å². The lowest BCUT2D eigenvalue weighted by Gasteiger charge is -2.14. The molecule has 2 aromatic rings. The van der Waals surface area contributed by atoms with Gasteiger partial charge in [0, 0.05) is 23.4 Å². The second-order valence-corrected chi connectivity index (χ2v) is 6.63. The van der Waals surface area contributed by atoms with Gasteiger partial charge in [0.25, 0.3) is 5.91 Å². The van der Waals surface area contributed by atoms with Crippen molar-refractivity contribution >= 4 is 39.1 Å². The zero-order valence-electron chi connectivity index (χ0n) is 15.6. The molecule has 0 fully saturated rings. The number of nitrogens with one attached hydrogen (secondary N) is 2. The largest absolute Gasteiger partial charge is 0.493 e. The highest BCUT2D eigenvalue weighted by Gasteiger charge is 2.16. The maximum absolute atomic E-state index is 12.6. The van der Waals surface area contributed by atoms with E-state index in [1.807, 2.05) is 6.92 Å². The fourth-order valence-corrected chi connectivity index (χ4v) is 2.84. The van der Waals surface area contributed by atoms with Gasteiger partial charge in [-0.1, -0.05) is 13.8 Å². The molecule has 2 N–H and O–H groups in total. The SMILES string of the molecule is CCCOc1c(Br)cc(C(=O)Nc2ccc(NC(=O)CC)cc2)cc1OC. The van der Waals surface area contributed by atoms with Crippen LogP contribution in [0.3, 0.4) is 0 Å². The molecule has 0 aromatic heterocycles. The van der Waals surface area contributed by atoms with Gasteiger partial charge in [-0.3, -0.25) is 9.59 Å². The molecule has 0 radical (unpaired) electrons. The molecule has 0 bridgehead atoms. The van der Waals surface area contributed by atoms with E-state index in [2.05, 4.69) is 26.6 Å². The molecule has 0 saturated carbocycles. The Labute approximate surface area is 167 Å². The van der Waals surface area contributed by atoms with Crippen molar-refractivity contribution in [1.82, 2.24) is 0 Å². The maximum atomic E-state index is 12.6. The van der Waals surface area contributed by atoms with Crippen molar-refractivity contribution < 1.29 is 19.1 Å². The average molecular weight is 435 g/mol. The lowest BCUT2D eigenvalue weighted by molar-refractivity contribution is -0.115. The van der Waals surface area contributed by atoms with Gasteiger partial charge in [-0.05, 0) is 58.7 Å². The minimum Gasteiger partial charge on any atom is -0.493 e. The first-order valence-corrected chi connectivity index (χ1v) is 9.49. The summed E-state index contributed by atoms with van der Waals surface area (Å²) in [5, 5.41) is 5.59. The molecule has 0 aliphatic rings. The van der Waals surface area contributed by atoms with Crippen LogP contribution in [0.1, 0.15) is 37.0 Å². The molecule has 0 aliphatic carbocycles. The van der Waals surface area contributed by atoms with E-state index in [9.17, 15) is 9.59 Å². The number of anilines is 2. The van der Waals surface area contributed by atoms with Gasteiger partial charge in [0.05, 0.1) is 18.2 Å². The quantitative estimate of drug-likeness (QED) is 0.622. The van der Waals surface area contributed by atoms with Crippen molar-refractivity contribution in [1.29, 1.82) is 0 Å². The molecule has 27 heavy (non-hydrogen) atoms. The summed E-state index contributed by atoms with van der Waals surface area (Å²) in [6.45, 7) is 4.36. The van der Waals surface area contributed by atoms with E-state index in [1.165, 1.54) is 7.11 Å². The van der Waals surface area contributed by atoms with E-state index in [4.69, 9.17) is 9.47 Å². The summed E-state index contributed by atoms with van der Waals surface area (Å²) in [6.07, 6.45) is 1.28. The molecular weight excluding hydrogens is 412 g/mol. The third-order valence-corrected chi connectivity index (χ3v) is 4.28. The maximum Gasteiger partial charge on any atom is 0.255 e. The Morgan fingerprint density at radius 2 is 1.67 bits per heavy atom. The molecule has 0 heterocycles. The number of methoxy groups -OCH3 is 1. The average Bonchev–Trinajstić information content (AvgIpc) is 2.67. The van der Waals surface area contributed by atoms with Crippen LogP contribution in [0.2, 0.25) is 0 Å². The van der Waals surface area contributed by atoms with Crippen LogP contribution in [0.25, 0.3) is 0 Å². The number of carbonyl (C=O) groups excluding carboxylic acids is 2. The monoisotopic (exact) mass is 434 g/mol. The van der Waals surface area contributed by atoms with E-state index < -0.39 is 0 Å². The highest BCUT2D eigenvalue weighted by Crippen LogP contribution is 2.37. The fraction of sp³-hybridized carbons (Fsp3) is 0.300. The molecule has 0 aliphatic heterocycles. The third-order valence-electron chi connectivity index (χ3n) is 3.69. The zero-order valence-corrected chi connectivity index (χ0v) is 17.2. The summed E-state index contributed by atoms with van der Waals surface area (Å²) in [4.78, 5) is 24.0. The molecular formula is C20H23BrN2O4. The van der Waals surface area contributed by atoms with Crippen LogP contribution in [0.4, 0.5) is 11.4 Å². The van der Waals surface area contributed by atoms with Crippen molar-refractivity contribution in [3.05, 3.63) is 46.4 Å². The standard InChI is InChI=1S/C20H23BrN2O4/c1-4-10-27-19-16(21)11-13(12-17(19)26-3)20(25)23-15-8-6-14(7-9-15)22-18(24)5-2/h6-9,11-12H,4-5,10H2,1-3H3,(H,22,24)(H,23,25). The van der Waals surface area contributed by atoms with Gasteiger partial charge in [-0.15, -0.1) is 0 Å². The predicted octanol–water partition coefficient (Wildman–Crippen LogP) is 4.85. The number of ether oxygens (including phenoxy) is 2. The van der Waals surface area contributed by atoms with E-state index in [0.717, 1.165) is 6.42 Å². The number of amides is 2. The Morgan fingerprint density at radius 1 is 1.04 bits per heavy atom. The van der Waals surface area contributed by atoms with Crippen LogP contribution in [-0.2, 0) is 4.79 Å². The van der Waals surface area contributed by atoms with Crippen molar-refractivity contribution in [2.75, 3.05) is 24.4 Å². The smallest absolute Gasteiger partial charge is 0.255 e. The number of benzene rings is 2. The Kier molecular flexibility index (Phi) is 7.67. The van der Waals surface area contributed by atoms with Crippen molar-refractivity contribution in [3.8, 4) is 11.5 Å². The Balaban J connectivity index is 2.13. The Morgan fingerprint density at radius 3 is 2.22 bits per heavy atom. The molecule has 0 atom stereocenters. The van der Waals surface area contributed by atoms with Crippen LogP contribution in [0.15, 0.2) is 40.9 Å². The zero-order chi connectivity index (χ0) is 19.8. The Bertz CT molecular complexity index is 806. The molecule has 2 aromatic carbocycles. The minimum absolute atomic E-state index is 0.0610. The number of rotatable bonds is 8. The fourth-order valence-electron chi connectivity index (χ4n) is 2.28. The van der Waals surface area contributed by atoms with Crippen molar-refractivity contribution in [2.24, 2.45) is 0 Å². The lowest BCUT2D eigenvalue weighted by atomic mass is 10.1. The summed E-state index contributed by atoms with van der Waals surface area (Å²) >= 11 is 3.44. The number of hydrogen-bond donors (Lipinski definition) is 2. The summed E-state index contributed by atoms with van der Waals surface area (Å²) in [6, 6.07) is 10.3. The van der Waals surface area contributed by atoms with Gasteiger partial charge in [-0.25, -0.2) is 0 Å². The van der Waals surface area contributed by atoms with E-state index in [1.54, 1.807) is 43.3 Å². The normalized spacial score (nSPS) is 10.2. The first-order valence-electron chi connectivity index (χ1n) is 8.70. The molecule has 0 unspecified atom stereocenters. The van der Waals surface area contributed by atoms with Gasteiger partial charge < -0.3 is 20.1 Å². The number of halogens is 1. The highest BCUT2D eigenvalue weighted by atomic mass is 79.9. The van der Waals surface area contributed by atoms with E-state index >= 15 is 0 Å². The van der Waals surface area contributed by atoms with Crippen LogP contribution < -0.4 is 20.1 Å². The molecule has 6 nitrogen and oxygen atoms in total. The van der Waals surface area contributed by atoms with Gasteiger partial charge >= 0.3 is 0 Å². The van der Waals surface area contributed by atoms with E-state index in [-0.39, 0.29) is 11.8 Å². The first-order chi connectivity index (χ1) is 13.0. The van der Waals surface area contributed by atoms with Gasteiger partial charge in [-0.2, -0.15) is 0 Å². The first kappa shape index (κ1) is 20.8. The summed E-state index contributed by atoms with van der Waals surface area (Å²) < 4.78 is 11.7. The van der Waals surface area contributed by atoms with Crippen LogP contribution in [-0.4, -0.2) is 25.5 Å².